The number of nitrogens with two attached hydrogens (primary N) is 1. The standard InChI is InChI=1S/C14H24N2O/c1-2-12(15)14(17)16-13-7-8-6-11(13)10-5-3-4-9(8)10/h8-13H,2-7,15H2,1H3,(H,16,17)/t8?,9?,10?,11?,12-,13?/m0/s1. The van der Waals surface area contributed by atoms with Gasteiger partial charge in [-0.05, 0) is 55.8 Å². The molecule has 0 aromatic carbocycles. The van der Waals surface area contributed by atoms with Crippen molar-refractivity contribution in [3.63, 3.8) is 0 Å². The molecule has 17 heavy (non-hydrogen) atoms. The molecule has 0 saturated heterocycles. The van der Waals surface area contributed by atoms with E-state index in [1.165, 1.54) is 32.1 Å². The highest BCUT2D eigenvalue weighted by molar-refractivity contribution is 5.81. The van der Waals surface area contributed by atoms with Gasteiger partial charge in [-0.15, -0.1) is 0 Å². The second-order valence-corrected chi connectivity index (χ2v) is 6.28. The Hall–Kier alpha value is -0.570. The third-order valence-electron chi connectivity index (χ3n) is 5.53. The van der Waals surface area contributed by atoms with Crippen molar-refractivity contribution in [2.75, 3.05) is 0 Å². The first kappa shape index (κ1) is 11.5. The van der Waals surface area contributed by atoms with E-state index in [1.54, 1.807) is 0 Å². The smallest absolute Gasteiger partial charge is 0.237 e. The van der Waals surface area contributed by atoms with Crippen LogP contribution < -0.4 is 11.1 Å². The number of rotatable bonds is 3. The van der Waals surface area contributed by atoms with E-state index in [2.05, 4.69) is 5.32 Å². The van der Waals surface area contributed by atoms with E-state index < -0.39 is 0 Å². The van der Waals surface area contributed by atoms with Crippen LogP contribution in [0.1, 0.15) is 45.4 Å². The summed E-state index contributed by atoms with van der Waals surface area (Å²) < 4.78 is 0. The Balaban J connectivity index is 1.62. The predicted octanol–water partition coefficient (Wildman–Crippen LogP) is 1.66. The lowest BCUT2D eigenvalue weighted by Gasteiger charge is -2.32. The summed E-state index contributed by atoms with van der Waals surface area (Å²) in [6, 6.07) is 0.123. The number of nitrogens with one attached hydrogen (secondary N) is 1. The molecule has 1 amide bonds. The average Bonchev–Trinajstić information content (AvgIpc) is 2.98. The minimum absolute atomic E-state index is 0.0691. The van der Waals surface area contributed by atoms with Crippen LogP contribution >= 0.6 is 0 Å². The zero-order valence-electron chi connectivity index (χ0n) is 10.7. The molecule has 0 aromatic rings. The summed E-state index contributed by atoms with van der Waals surface area (Å²) in [4.78, 5) is 11.9. The largest absolute Gasteiger partial charge is 0.352 e. The van der Waals surface area contributed by atoms with Gasteiger partial charge in [0.2, 0.25) is 5.91 Å². The number of carbonyl (C=O) groups excluding carboxylic acids is 1. The Morgan fingerprint density at radius 3 is 2.82 bits per heavy atom. The number of hydrogen-bond donors (Lipinski definition) is 2. The Morgan fingerprint density at radius 2 is 2.06 bits per heavy atom. The first-order chi connectivity index (χ1) is 8.20. The van der Waals surface area contributed by atoms with Gasteiger partial charge in [-0.3, -0.25) is 4.79 Å². The molecule has 96 valence electrons. The van der Waals surface area contributed by atoms with Crippen LogP contribution in [0.4, 0.5) is 0 Å². The summed E-state index contributed by atoms with van der Waals surface area (Å²) in [7, 11) is 0. The summed E-state index contributed by atoms with van der Waals surface area (Å²) in [5.74, 6) is 3.64. The lowest BCUT2D eigenvalue weighted by atomic mass is 9.79. The fourth-order valence-electron chi connectivity index (χ4n) is 4.71. The van der Waals surface area contributed by atoms with Crippen molar-refractivity contribution >= 4 is 5.91 Å². The Bertz CT molecular complexity index is 317. The van der Waals surface area contributed by atoms with E-state index in [4.69, 9.17) is 5.73 Å². The second-order valence-electron chi connectivity index (χ2n) is 6.28. The molecular formula is C14H24N2O. The zero-order valence-corrected chi connectivity index (χ0v) is 10.7. The topological polar surface area (TPSA) is 55.1 Å². The average molecular weight is 236 g/mol. The van der Waals surface area contributed by atoms with Gasteiger partial charge < -0.3 is 11.1 Å². The number of hydrogen-bond acceptors (Lipinski definition) is 2. The van der Waals surface area contributed by atoms with E-state index in [0.717, 1.165) is 30.1 Å². The van der Waals surface area contributed by atoms with Crippen LogP contribution in [0.25, 0.3) is 0 Å². The molecule has 0 heterocycles. The molecule has 3 rings (SSSR count). The van der Waals surface area contributed by atoms with Crippen LogP contribution in [0.2, 0.25) is 0 Å². The fraction of sp³-hybridized carbons (Fsp3) is 0.929. The van der Waals surface area contributed by atoms with E-state index >= 15 is 0 Å². The fourth-order valence-corrected chi connectivity index (χ4v) is 4.71. The molecule has 0 spiro atoms. The van der Waals surface area contributed by atoms with Crippen molar-refractivity contribution in [1.29, 1.82) is 0 Å². The second kappa shape index (κ2) is 4.27. The molecule has 3 aliphatic rings. The maximum Gasteiger partial charge on any atom is 0.237 e. The third kappa shape index (κ3) is 1.79. The minimum atomic E-state index is -0.312. The third-order valence-corrected chi connectivity index (χ3v) is 5.53. The van der Waals surface area contributed by atoms with E-state index in [-0.39, 0.29) is 11.9 Å². The first-order valence-electron chi connectivity index (χ1n) is 7.26. The van der Waals surface area contributed by atoms with Crippen molar-refractivity contribution in [2.45, 2.75) is 57.5 Å². The van der Waals surface area contributed by atoms with Crippen LogP contribution in [0, 0.1) is 23.7 Å². The van der Waals surface area contributed by atoms with Crippen molar-refractivity contribution in [3.05, 3.63) is 0 Å². The van der Waals surface area contributed by atoms with Crippen LogP contribution in [0.3, 0.4) is 0 Å². The monoisotopic (exact) mass is 236 g/mol. The molecule has 0 aromatic heterocycles. The molecular weight excluding hydrogens is 212 g/mol. The first-order valence-corrected chi connectivity index (χ1v) is 7.26. The number of fused-ring (bicyclic) bond motifs is 5. The van der Waals surface area contributed by atoms with Crippen molar-refractivity contribution in [3.8, 4) is 0 Å². The van der Waals surface area contributed by atoms with Gasteiger partial charge in [0.05, 0.1) is 6.04 Å². The highest BCUT2D eigenvalue weighted by Gasteiger charge is 2.54. The summed E-state index contributed by atoms with van der Waals surface area (Å²) in [6.07, 6.45) is 7.57. The Kier molecular flexibility index (Phi) is 2.89. The van der Waals surface area contributed by atoms with Gasteiger partial charge in [-0.25, -0.2) is 0 Å². The molecule has 3 aliphatic carbocycles. The van der Waals surface area contributed by atoms with E-state index in [1.807, 2.05) is 6.92 Å². The molecule has 0 aliphatic heterocycles. The van der Waals surface area contributed by atoms with Crippen LogP contribution in [0.15, 0.2) is 0 Å². The van der Waals surface area contributed by atoms with Crippen LogP contribution in [-0.2, 0) is 4.79 Å². The van der Waals surface area contributed by atoms with Gasteiger partial charge in [-0.1, -0.05) is 13.3 Å². The molecule has 3 nitrogen and oxygen atoms in total. The predicted molar refractivity (Wildman–Crippen MR) is 67.2 cm³/mol. The van der Waals surface area contributed by atoms with Gasteiger partial charge in [-0.2, -0.15) is 0 Å². The van der Waals surface area contributed by atoms with Crippen molar-refractivity contribution in [1.82, 2.24) is 5.32 Å². The maximum absolute atomic E-state index is 11.9. The van der Waals surface area contributed by atoms with Crippen molar-refractivity contribution in [2.24, 2.45) is 29.4 Å². The SMILES string of the molecule is CC[C@H](N)C(=O)NC1CC2CC1C1CCCC21. The zero-order chi connectivity index (χ0) is 12.0. The summed E-state index contributed by atoms with van der Waals surface area (Å²) in [5.41, 5.74) is 5.79. The summed E-state index contributed by atoms with van der Waals surface area (Å²) in [5, 5.41) is 3.21. The number of carbonyl (C=O) groups is 1. The lowest BCUT2D eigenvalue weighted by molar-refractivity contribution is -0.123. The molecule has 5 unspecified atom stereocenters. The molecule has 3 fully saturated rings. The molecule has 2 bridgehead atoms. The maximum atomic E-state index is 11.9. The Morgan fingerprint density at radius 1 is 1.29 bits per heavy atom. The lowest BCUT2D eigenvalue weighted by Crippen LogP contribution is -2.48. The van der Waals surface area contributed by atoms with Crippen molar-refractivity contribution < 1.29 is 4.79 Å². The quantitative estimate of drug-likeness (QED) is 0.783. The minimum Gasteiger partial charge on any atom is -0.352 e. The number of amides is 1. The summed E-state index contributed by atoms with van der Waals surface area (Å²) >= 11 is 0. The van der Waals surface area contributed by atoms with Gasteiger partial charge in [0, 0.05) is 6.04 Å². The van der Waals surface area contributed by atoms with Gasteiger partial charge in [0.25, 0.3) is 0 Å². The summed E-state index contributed by atoms with van der Waals surface area (Å²) in [6.45, 7) is 1.97. The van der Waals surface area contributed by atoms with Crippen LogP contribution in [-0.4, -0.2) is 18.0 Å². The van der Waals surface area contributed by atoms with Gasteiger partial charge >= 0.3 is 0 Å². The molecule has 3 N–H and O–H groups in total. The molecule has 0 radical (unpaired) electrons. The highest BCUT2D eigenvalue weighted by Crippen LogP contribution is 2.58. The Labute approximate surface area is 104 Å². The van der Waals surface area contributed by atoms with E-state index in [0.29, 0.717) is 6.04 Å². The highest BCUT2D eigenvalue weighted by atomic mass is 16.2. The van der Waals surface area contributed by atoms with Gasteiger partial charge in [0.15, 0.2) is 0 Å². The molecule has 6 atom stereocenters. The molecule has 3 heteroatoms. The van der Waals surface area contributed by atoms with Gasteiger partial charge in [0.1, 0.15) is 0 Å². The molecule has 3 saturated carbocycles. The van der Waals surface area contributed by atoms with Crippen LogP contribution in [0.5, 0.6) is 0 Å². The van der Waals surface area contributed by atoms with E-state index in [9.17, 15) is 4.79 Å². The normalized spacial score (nSPS) is 44.7.